The van der Waals surface area contributed by atoms with Crippen LogP contribution in [0.4, 0.5) is 0 Å². The molecule has 0 aromatic heterocycles. The van der Waals surface area contributed by atoms with Gasteiger partial charge in [0.1, 0.15) is 0 Å². The van der Waals surface area contributed by atoms with Gasteiger partial charge in [0.2, 0.25) is 11.5 Å². The number of fused-ring (bicyclic) bond motifs is 1. The van der Waals surface area contributed by atoms with Gasteiger partial charge in [-0.1, -0.05) is 52.1 Å². The van der Waals surface area contributed by atoms with E-state index in [0.717, 1.165) is 31.1 Å². The summed E-state index contributed by atoms with van der Waals surface area (Å²) in [5, 5.41) is 1.96. The van der Waals surface area contributed by atoms with Crippen molar-refractivity contribution in [1.82, 2.24) is 0 Å². The molecule has 0 atom stereocenters. The van der Waals surface area contributed by atoms with E-state index in [1.165, 1.54) is 6.92 Å². The van der Waals surface area contributed by atoms with Gasteiger partial charge >= 0.3 is 5.97 Å². The first-order valence-corrected chi connectivity index (χ1v) is 11.1. The Bertz CT molecular complexity index is 847. The van der Waals surface area contributed by atoms with Gasteiger partial charge in [-0.05, 0) is 37.0 Å². The lowest BCUT2D eigenvalue weighted by Crippen LogP contribution is -2.11. The second kappa shape index (κ2) is 11.9. The number of ether oxygens (including phenoxy) is 4. The van der Waals surface area contributed by atoms with Gasteiger partial charge in [-0.15, -0.1) is 0 Å². The van der Waals surface area contributed by atoms with Crippen molar-refractivity contribution in [3.05, 3.63) is 23.2 Å². The number of rotatable bonds is 12. The van der Waals surface area contributed by atoms with Gasteiger partial charge < -0.3 is 18.9 Å². The minimum Gasteiger partial charge on any atom is -0.489 e. The number of unbranched alkanes of at least 4 members (excludes halogenated alkanes) is 2. The van der Waals surface area contributed by atoms with E-state index in [1.54, 1.807) is 12.1 Å². The fourth-order valence-corrected chi connectivity index (χ4v) is 3.06. The number of esters is 1. The molecule has 166 valence electrons. The Morgan fingerprint density at radius 3 is 2.03 bits per heavy atom. The third-order valence-corrected chi connectivity index (χ3v) is 4.62. The topological polar surface area (TPSA) is 54.0 Å². The van der Waals surface area contributed by atoms with Crippen LogP contribution in [-0.2, 0) is 4.79 Å². The highest BCUT2D eigenvalue weighted by molar-refractivity contribution is 6.31. The minimum atomic E-state index is -0.438. The molecule has 0 aliphatic carbocycles. The molecule has 0 amide bonds. The summed E-state index contributed by atoms with van der Waals surface area (Å²) in [7, 11) is 0. The molecule has 0 saturated heterocycles. The van der Waals surface area contributed by atoms with E-state index in [4.69, 9.17) is 30.5 Å². The van der Waals surface area contributed by atoms with Crippen LogP contribution in [0.5, 0.6) is 23.0 Å². The maximum atomic E-state index is 11.9. The van der Waals surface area contributed by atoms with Gasteiger partial charge in [-0.3, -0.25) is 4.79 Å². The summed E-state index contributed by atoms with van der Waals surface area (Å²) in [5.74, 6) is 1.67. The molecule has 0 unspecified atom stereocenters. The summed E-state index contributed by atoms with van der Waals surface area (Å²) in [6.45, 7) is 11.2. The van der Waals surface area contributed by atoms with E-state index >= 15 is 0 Å². The summed E-state index contributed by atoms with van der Waals surface area (Å²) in [6.07, 6.45) is 3.72. The first kappa shape index (κ1) is 24.1. The summed E-state index contributed by atoms with van der Waals surface area (Å²) in [5.41, 5.74) is 0. The van der Waals surface area contributed by atoms with Crippen molar-refractivity contribution in [2.24, 2.45) is 5.92 Å². The largest absolute Gasteiger partial charge is 0.489 e. The van der Waals surface area contributed by atoms with Crippen molar-refractivity contribution in [2.45, 2.75) is 60.3 Å². The van der Waals surface area contributed by atoms with E-state index in [-0.39, 0.29) is 0 Å². The molecule has 0 heterocycles. The Morgan fingerprint density at radius 2 is 1.50 bits per heavy atom. The summed E-state index contributed by atoms with van der Waals surface area (Å²) in [6, 6.07) is 5.42. The normalized spacial score (nSPS) is 11.0. The van der Waals surface area contributed by atoms with Gasteiger partial charge in [0.05, 0.1) is 19.8 Å². The standard InChI is InChI=1S/C24H33ClO5/c1-6-8-12-27-23-21(29-15-16(3)4)19-11-10-18(25)14-20(19)22(30-17(5)26)24(23)28-13-9-7-2/h10-11,14,16H,6-9,12-13,15H2,1-5H3. The minimum absolute atomic E-state index is 0.319. The maximum Gasteiger partial charge on any atom is 0.308 e. The number of carbonyl (C=O) groups is 1. The quantitative estimate of drug-likeness (QED) is 0.208. The van der Waals surface area contributed by atoms with Crippen molar-refractivity contribution in [1.29, 1.82) is 0 Å². The van der Waals surface area contributed by atoms with Gasteiger partial charge in [-0.2, -0.15) is 0 Å². The summed E-state index contributed by atoms with van der Waals surface area (Å²) >= 11 is 6.28. The van der Waals surface area contributed by atoms with E-state index in [2.05, 4.69) is 27.7 Å². The average molecular weight is 437 g/mol. The highest BCUT2D eigenvalue weighted by Gasteiger charge is 2.26. The first-order chi connectivity index (χ1) is 14.4. The lowest BCUT2D eigenvalue weighted by Gasteiger charge is -2.22. The second-order valence-electron chi connectivity index (χ2n) is 7.71. The Morgan fingerprint density at radius 1 is 0.900 bits per heavy atom. The molecule has 0 radical (unpaired) electrons. The third kappa shape index (κ3) is 6.43. The monoisotopic (exact) mass is 436 g/mol. The highest BCUT2D eigenvalue weighted by atomic mass is 35.5. The number of halogens is 1. The van der Waals surface area contributed by atoms with Crippen LogP contribution in [0.1, 0.15) is 60.3 Å². The Hall–Kier alpha value is -2.14. The molecule has 0 spiro atoms. The maximum absolute atomic E-state index is 11.9. The van der Waals surface area contributed by atoms with E-state index < -0.39 is 5.97 Å². The van der Waals surface area contributed by atoms with Crippen LogP contribution in [0, 0.1) is 5.92 Å². The number of hydrogen-bond donors (Lipinski definition) is 0. The van der Waals surface area contributed by atoms with Crippen molar-refractivity contribution in [3.8, 4) is 23.0 Å². The van der Waals surface area contributed by atoms with E-state index in [1.807, 2.05) is 6.07 Å². The van der Waals surface area contributed by atoms with Crippen LogP contribution >= 0.6 is 11.6 Å². The average Bonchev–Trinajstić information content (AvgIpc) is 2.69. The zero-order valence-corrected chi connectivity index (χ0v) is 19.4. The molecule has 0 aliphatic rings. The van der Waals surface area contributed by atoms with Crippen LogP contribution < -0.4 is 18.9 Å². The lowest BCUT2D eigenvalue weighted by molar-refractivity contribution is -0.131. The van der Waals surface area contributed by atoms with Gasteiger partial charge in [0.15, 0.2) is 11.5 Å². The third-order valence-electron chi connectivity index (χ3n) is 4.38. The van der Waals surface area contributed by atoms with Crippen LogP contribution in [0.15, 0.2) is 18.2 Å². The molecule has 5 nitrogen and oxygen atoms in total. The van der Waals surface area contributed by atoms with Crippen molar-refractivity contribution in [2.75, 3.05) is 19.8 Å². The predicted octanol–water partition coefficient (Wildman–Crippen LogP) is 6.81. The van der Waals surface area contributed by atoms with Gasteiger partial charge in [0, 0.05) is 22.7 Å². The lowest BCUT2D eigenvalue weighted by atomic mass is 10.1. The van der Waals surface area contributed by atoms with E-state index in [9.17, 15) is 4.79 Å². The highest BCUT2D eigenvalue weighted by Crippen LogP contribution is 2.52. The SMILES string of the molecule is CCCCOc1c(OCCCC)c(OC(C)=O)c2cc(Cl)ccc2c1OCC(C)C. The fraction of sp³-hybridized carbons (Fsp3) is 0.542. The summed E-state index contributed by atoms with van der Waals surface area (Å²) in [4.78, 5) is 11.9. The molecule has 2 rings (SSSR count). The first-order valence-electron chi connectivity index (χ1n) is 10.7. The zero-order chi connectivity index (χ0) is 22.1. The fourth-order valence-electron chi connectivity index (χ4n) is 2.89. The summed E-state index contributed by atoms with van der Waals surface area (Å²) < 4.78 is 24.1. The molecule has 0 saturated carbocycles. The van der Waals surface area contributed by atoms with E-state index in [0.29, 0.717) is 59.1 Å². The molecule has 0 bridgehead atoms. The molecule has 2 aromatic carbocycles. The number of benzene rings is 2. The molecule has 0 N–H and O–H groups in total. The molecule has 2 aromatic rings. The molecular formula is C24H33ClO5. The predicted molar refractivity (Wildman–Crippen MR) is 121 cm³/mol. The van der Waals surface area contributed by atoms with Crippen LogP contribution in [0.25, 0.3) is 10.8 Å². The Kier molecular flexibility index (Phi) is 9.57. The second-order valence-corrected chi connectivity index (χ2v) is 8.15. The molecule has 30 heavy (non-hydrogen) atoms. The molecule has 0 fully saturated rings. The van der Waals surface area contributed by atoms with Crippen LogP contribution in [-0.4, -0.2) is 25.8 Å². The van der Waals surface area contributed by atoms with Crippen LogP contribution in [0.3, 0.4) is 0 Å². The Labute approximate surface area is 184 Å². The smallest absolute Gasteiger partial charge is 0.308 e. The van der Waals surface area contributed by atoms with Crippen molar-refractivity contribution >= 4 is 28.3 Å². The number of hydrogen-bond acceptors (Lipinski definition) is 5. The van der Waals surface area contributed by atoms with Crippen LogP contribution in [0.2, 0.25) is 5.02 Å². The molecule has 0 aliphatic heterocycles. The van der Waals surface area contributed by atoms with Crippen molar-refractivity contribution < 1.29 is 23.7 Å². The van der Waals surface area contributed by atoms with Crippen molar-refractivity contribution in [3.63, 3.8) is 0 Å². The van der Waals surface area contributed by atoms with Gasteiger partial charge in [-0.25, -0.2) is 0 Å². The van der Waals surface area contributed by atoms with Gasteiger partial charge in [0.25, 0.3) is 0 Å². The number of carbonyl (C=O) groups excluding carboxylic acids is 1. The molecule has 6 heteroatoms. The zero-order valence-electron chi connectivity index (χ0n) is 18.7. The Balaban J connectivity index is 2.75. The molecular weight excluding hydrogens is 404 g/mol.